The molecule has 142 valence electrons. The molecule has 0 aromatic heterocycles. The minimum atomic E-state index is -0.814. The van der Waals surface area contributed by atoms with Crippen LogP contribution >= 0.6 is 0 Å². The van der Waals surface area contributed by atoms with Gasteiger partial charge in [-0.15, -0.1) is 0 Å². The summed E-state index contributed by atoms with van der Waals surface area (Å²) in [6.07, 6.45) is 7.05. The van der Waals surface area contributed by atoms with Crippen LogP contribution in [0.3, 0.4) is 0 Å². The molecule has 0 aliphatic heterocycles. The van der Waals surface area contributed by atoms with E-state index in [0.29, 0.717) is 0 Å². The molecule has 0 aromatic rings. The maximum Gasteiger partial charge on any atom is 0.201 e. The zero-order valence-corrected chi connectivity index (χ0v) is 21.4. The van der Waals surface area contributed by atoms with Crippen LogP contribution in [-0.4, -0.2) is 16.1 Å². The van der Waals surface area contributed by atoms with Gasteiger partial charge in [0.1, 0.15) is 12.2 Å². The summed E-state index contributed by atoms with van der Waals surface area (Å²) in [5, 5.41) is 0. The Bertz CT molecular complexity index is 202. The largest absolute Gasteiger partial charge is 0.201 e. The fraction of sp³-hybridized carbons (Fsp3) is 0.800. The third kappa shape index (κ3) is 45.0. The van der Waals surface area contributed by atoms with E-state index in [1.807, 2.05) is 0 Å². The summed E-state index contributed by atoms with van der Waals surface area (Å²) in [6, 6.07) is 3.07. The molecule has 0 N–H and O–H groups in total. The summed E-state index contributed by atoms with van der Waals surface area (Å²) < 4.78 is 0. The summed E-state index contributed by atoms with van der Waals surface area (Å²) in [5.41, 5.74) is 1.64. The summed E-state index contributed by atoms with van der Waals surface area (Å²) in [7, 11) is -1.63. The van der Waals surface area contributed by atoms with E-state index in [4.69, 9.17) is 13.2 Å². The second-order valence-electron chi connectivity index (χ2n) is 7.38. The Hall–Kier alpha value is 0.396. The molecule has 0 heterocycles. The van der Waals surface area contributed by atoms with Gasteiger partial charge in [-0.1, -0.05) is 90.9 Å². The molecule has 0 spiro atoms. The predicted molar refractivity (Wildman–Crippen MR) is 115 cm³/mol. The SMILES string of the molecule is CCC.CCC[Si](C)(C)C[Si](C)(C)CCC.[CH+]=CC.[CH+]=CC.[Pd]. The summed E-state index contributed by atoms with van der Waals surface area (Å²) in [5.74, 6) is 0. The van der Waals surface area contributed by atoms with Gasteiger partial charge in [0.05, 0.1) is 0 Å². The molecule has 3 heteroatoms. The van der Waals surface area contributed by atoms with Crippen molar-refractivity contribution in [2.24, 2.45) is 0 Å². The molecule has 0 saturated heterocycles. The number of allylic oxidation sites excluding steroid dienone is 2. The Morgan fingerprint density at radius 2 is 0.870 bits per heavy atom. The van der Waals surface area contributed by atoms with Crippen LogP contribution in [0.1, 0.15) is 60.8 Å². The van der Waals surface area contributed by atoms with Crippen LogP contribution in [0.5, 0.6) is 0 Å². The molecule has 0 bridgehead atoms. The van der Waals surface area contributed by atoms with Crippen LogP contribution < -0.4 is 0 Å². The first-order chi connectivity index (χ1) is 10.1. The monoisotopic (exact) mass is 448 g/mol. The van der Waals surface area contributed by atoms with Gasteiger partial charge in [0.15, 0.2) is 0 Å². The van der Waals surface area contributed by atoms with Crippen molar-refractivity contribution in [3.05, 3.63) is 25.3 Å². The molecular weight excluding hydrogens is 403 g/mol. The molecule has 0 unspecified atom stereocenters. The van der Waals surface area contributed by atoms with E-state index in [1.54, 1.807) is 19.5 Å². The van der Waals surface area contributed by atoms with E-state index >= 15 is 0 Å². The molecule has 0 aliphatic rings. The van der Waals surface area contributed by atoms with Crippen LogP contribution in [0.2, 0.25) is 43.9 Å². The van der Waals surface area contributed by atoms with Crippen LogP contribution in [-0.2, 0) is 20.4 Å². The van der Waals surface area contributed by atoms with Crippen LogP contribution in [0.4, 0.5) is 0 Å². The van der Waals surface area contributed by atoms with E-state index < -0.39 is 16.1 Å². The maximum absolute atomic E-state index is 4.72. The van der Waals surface area contributed by atoms with Gasteiger partial charge >= 0.3 is 0 Å². The Morgan fingerprint density at radius 1 is 0.696 bits per heavy atom. The van der Waals surface area contributed by atoms with Crippen molar-refractivity contribution in [1.29, 1.82) is 0 Å². The van der Waals surface area contributed by atoms with Gasteiger partial charge in [-0.3, -0.25) is 0 Å². The number of hydrogen-bond acceptors (Lipinski definition) is 0. The van der Waals surface area contributed by atoms with Crippen molar-refractivity contribution in [3.63, 3.8) is 0 Å². The molecule has 0 atom stereocenters. The van der Waals surface area contributed by atoms with E-state index in [9.17, 15) is 0 Å². The molecule has 0 aliphatic carbocycles. The van der Waals surface area contributed by atoms with Gasteiger partial charge < -0.3 is 0 Å². The molecule has 0 nitrogen and oxygen atoms in total. The molecule has 0 amide bonds. The normalized spacial score (nSPS) is 9.39. The molecule has 0 radical (unpaired) electrons. The standard InChI is InChI=1S/C11H28Si2.C3H8.2C3H5.Pd/c1-7-9-12(3,4)11-13(5,6)10-8-2;3*1-3-2;/h7-11H2,1-6H3;3H2,1-2H3;2*1,3H,2H3;/q;;2*+1;. The zero-order chi connectivity index (χ0) is 18.7. The molecule has 0 saturated carbocycles. The maximum atomic E-state index is 4.72. The van der Waals surface area contributed by atoms with Crippen molar-refractivity contribution in [3.8, 4) is 0 Å². The van der Waals surface area contributed by atoms with E-state index in [1.165, 1.54) is 43.5 Å². The number of rotatable bonds is 6. The van der Waals surface area contributed by atoms with Gasteiger partial charge in [-0.25, -0.2) is 0 Å². The zero-order valence-electron chi connectivity index (χ0n) is 17.9. The summed E-state index contributed by atoms with van der Waals surface area (Å²) >= 11 is 0. The van der Waals surface area contributed by atoms with E-state index in [-0.39, 0.29) is 20.4 Å². The fourth-order valence-corrected chi connectivity index (χ4v) is 17.3. The third-order valence-corrected chi connectivity index (χ3v) is 14.2. The topological polar surface area (TPSA) is 0 Å². The van der Waals surface area contributed by atoms with E-state index in [0.717, 1.165) is 0 Å². The van der Waals surface area contributed by atoms with Gasteiger partial charge in [-0.05, 0) is 0 Å². The molecule has 23 heavy (non-hydrogen) atoms. The molecule has 0 aromatic carbocycles. The van der Waals surface area contributed by atoms with Crippen molar-refractivity contribution in [2.75, 3.05) is 0 Å². The van der Waals surface area contributed by atoms with Crippen molar-refractivity contribution in [1.82, 2.24) is 0 Å². The molecule has 0 fully saturated rings. The summed E-state index contributed by atoms with van der Waals surface area (Å²) in [6.45, 7) is 32.3. The Labute approximate surface area is 166 Å². The van der Waals surface area contributed by atoms with Crippen molar-refractivity contribution < 1.29 is 20.4 Å². The van der Waals surface area contributed by atoms with Gasteiger partial charge in [0.25, 0.3) is 0 Å². The van der Waals surface area contributed by atoms with Crippen molar-refractivity contribution in [2.45, 2.75) is 105 Å². The van der Waals surface area contributed by atoms with Crippen LogP contribution in [0.15, 0.2) is 12.2 Å². The predicted octanol–water partition coefficient (Wildman–Crippen LogP) is 8.17. The van der Waals surface area contributed by atoms with Gasteiger partial charge in [0, 0.05) is 50.4 Å². The minimum absolute atomic E-state index is 0. The van der Waals surface area contributed by atoms with Crippen LogP contribution in [0.25, 0.3) is 0 Å². The average molecular weight is 449 g/mol. The van der Waals surface area contributed by atoms with Crippen molar-refractivity contribution >= 4 is 16.1 Å². The first kappa shape index (κ1) is 34.7. The smallest absolute Gasteiger partial charge is 0.0696 e. The number of hydrogen-bond donors (Lipinski definition) is 0. The minimum Gasteiger partial charge on any atom is -0.0696 e. The second kappa shape index (κ2) is 24.6. The van der Waals surface area contributed by atoms with Gasteiger partial charge in [0.2, 0.25) is 13.2 Å². The summed E-state index contributed by atoms with van der Waals surface area (Å²) in [4.78, 5) is 0. The molecule has 0 rings (SSSR count). The fourth-order valence-electron chi connectivity index (χ4n) is 2.83. The second-order valence-corrected chi connectivity index (χ2v) is 18.5. The van der Waals surface area contributed by atoms with E-state index in [2.05, 4.69) is 53.9 Å². The van der Waals surface area contributed by atoms with Gasteiger partial charge in [-0.2, -0.15) is 0 Å². The Morgan fingerprint density at radius 3 is 1.00 bits per heavy atom. The van der Waals surface area contributed by atoms with Crippen LogP contribution in [0, 0.1) is 13.2 Å². The molecular formula is C20H46PdSi2+2. The first-order valence-electron chi connectivity index (χ1n) is 9.06. The Balaban J connectivity index is -0.0000000900. The average Bonchev–Trinajstić information content (AvgIpc) is 2.29. The quantitative estimate of drug-likeness (QED) is 0.284. The first-order valence-corrected chi connectivity index (χ1v) is 15.9. The third-order valence-electron chi connectivity index (χ3n) is 2.81. The Kier molecular flexibility index (Phi) is 37.2.